The van der Waals surface area contributed by atoms with Crippen LogP contribution in [0.1, 0.15) is 29.3 Å². The van der Waals surface area contributed by atoms with Crippen LogP contribution in [0.5, 0.6) is 0 Å². The van der Waals surface area contributed by atoms with Gasteiger partial charge in [-0.2, -0.15) is 13.2 Å². The van der Waals surface area contributed by atoms with Crippen LogP contribution in [0.3, 0.4) is 0 Å². The molecule has 0 saturated carbocycles. The predicted molar refractivity (Wildman–Crippen MR) is 77.4 cm³/mol. The summed E-state index contributed by atoms with van der Waals surface area (Å²) in [6.45, 7) is 1.80. The van der Waals surface area contributed by atoms with Crippen LogP contribution in [0.2, 0.25) is 0 Å². The molecular weight excluding hydrogens is 316 g/mol. The van der Waals surface area contributed by atoms with Crippen LogP contribution in [-0.4, -0.2) is 18.1 Å². The Bertz CT molecular complexity index is 660. The minimum absolute atomic E-state index is 0.0914. The second-order valence-corrected chi connectivity index (χ2v) is 6.15. The highest BCUT2D eigenvalue weighted by Gasteiger charge is 2.35. The van der Waals surface area contributed by atoms with Crippen LogP contribution in [0.25, 0.3) is 11.3 Å². The van der Waals surface area contributed by atoms with Crippen LogP contribution in [0.15, 0.2) is 23.6 Å². The molecule has 1 aromatic carbocycles. The molecule has 1 aromatic heterocycles. The van der Waals surface area contributed by atoms with Crippen molar-refractivity contribution in [2.24, 2.45) is 0 Å². The summed E-state index contributed by atoms with van der Waals surface area (Å²) < 4.78 is 52.5. The fourth-order valence-corrected chi connectivity index (χ4v) is 3.61. The summed E-state index contributed by atoms with van der Waals surface area (Å²) in [5.41, 5.74) is -1.06. The van der Waals surface area contributed by atoms with E-state index in [4.69, 9.17) is 0 Å². The Labute approximate surface area is 129 Å². The van der Waals surface area contributed by atoms with Gasteiger partial charge in [0.1, 0.15) is 5.82 Å². The zero-order chi connectivity index (χ0) is 15.7. The Morgan fingerprint density at radius 2 is 1.91 bits per heavy atom. The van der Waals surface area contributed by atoms with Crippen molar-refractivity contribution in [3.8, 4) is 11.3 Å². The highest BCUT2D eigenvalue weighted by atomic mass is 32.1. The number of nitrogens with one attached hydrogen (secondary N) is 1. The average molecular weight is 330 g/mol. The van der Waals surface area contributed by atoms with Crippen molar-refractivity contribution >= 4 is 11.3 Å². The summed E-state index contributed by atoms with van der Waals surface area (Å²) in [4.78, 5) is 4.37. The normalized spacial score (nSPS) is 16.9. The van der Waals surface area contributed by atoms with E-state index in [1.54, 1.807) is 5.38 Å². The summed E-state index contributed by atoms with van der Waals surface area (Å²) in [5.74, 6) is -0.953. The molecule has 0 aliphatic carbocycles. The van der Waals surface area contributed by atoms with E-state index in [-0.39, 0.29) is 11.3 Å². The van der Waals surface area contributed by atoms with E-state index >= 15 is 0 Å². The molecular formula is C15H14F4N2S. The van der Waals surface area contributed by atoms with Crippen LogP contribution < -0.4 is 5.32 Å². The summed E-state index contributed by atoms with van der Waals surface area (Å²) in [6.07, 6.45) is -2.82. The molecule has 1 aliphatic rings. The Hall–Kier alpha value is -1.47. The quantitative estimate of drug-likeness (QED) is 0.824. The number of rotatable bonds is 2. The van der Waals surface area contributed by atoms with Crippen molar-refractivity contribution in [1.29, 1.82) is 0 Å². The second kappa shape index (κ2) is 5.96. The lowest BCUT2D eigenvalue weighted by Crippen LogP contribution is -2.26. The standard InChI is InChI=1S/C15H14F4N2S/c16-13-10(2-1-3-11(13)15(17,18)19)12-8-22-14(21-12)9-4-6-20-7-5-9/h1-3,8-9,20H,4-7H2. The van der Waals surface area contributed by atoms with E-state index < -0.39 is 17.6 Å². The number of thiazole rings is 1. The lowest BCUT2D eigenvalue weighted by Gasteiger charge is -2.20. The molecule has 2 aromatic rings. The van der Waals surface area contributed by atoms with Crippen LogP contribution in [0, 0.1) is 5.82 Å². The highest BCUT2D eigenvalue weighted by Crippen LogP contribution is 2.37. The van der Waals surface area contributed by atoms with Crippen molar-refractivity contribution in [3.05, 3.63) is 40.0 Å². The number of benzene rings is 1. The Morgan fingerprint density at radius 3 is 2.59 bits per heavy atom. The van der Waals surface area contributed by atoms with E-state index in [9.17, 15) is 17.6 Å². The first-order valence-corrected chi connectivity index (χ1v) is 7.87. The molecule has 0 spiro atoms. The molecule has 7 heteroatoms. The van der Waals surface area contributed by atoms with Crippen molar-refractivity contribution < 1.29 is 17.6 Å². The van der Waals surface area contributed by atoms with Gasteiger partial charge < -0.3 is 5.32 Å². The van der Waals surface area contributed by atoms with E-state index in [0.717, 1.165) is 37.0 Å². The number of hydrogen-bond acceptors (Lipinski definition) is 3. The van der Waals surface area contributed by atoms with Crippen molar-refractivity contribution in [2.45, 2.75) is 24.9 Å². The maximum atomic E-state index is 14.1. The topological polar surface area (TPSA) is 24.9 Å². The molecule has 0 bridgehead atoms. The number of hydrogen-bond donors (Lipinski definition) is 1. The minimum Gasteiger partial charge on any atom is -0.317 e. The molecule has 2 heterocycles. The van der Waals surface area contributed by atoms with Gasteiger partial charge in [0.05, 0.1) is 16.3 Å². The second-order valence-electron chi connectivity index (χ2n) is 5.26. The van der Waals surface area contributed by atoms with Gasteiger partial charge in [0.25, 0.3) is 0 Å². The largest absolute Gasteiger partial charge is 0.419 e. The Morgan fingerprint density at radius 1 is 1.18 bits per heavy atom. The number of aromatic nitrogens is 1. The lowest BCUT2D eigenvalue weighted by atomic mass is 9.99. The monoisotopic (exact) mass is 330 g/mol. The zero-order valence-corrected chi connectivity index (χ0v) is 12.4. The fourth-order valence-electron chi connectivity index (χ4n) is 2.62. The minimum atomic E-state index is -4.70. The van der Waals surface area contributed by atoms with Gasteiger partial charge >= 0.3 is 6.18 Å². The van der Waals surface area contributed by atoms with Crippen LogP contribution >= 0.6 is 11.3 Å². The number of piperidine rings is 1. The third kappa shape index (κ3) is 3.01. The third-order valence-corrected chi connectivity index (χ3v) is 4.80. The first-order valence-electron chi connectivity index (χ1n) is 6.99. The number of nitrogens with zero attached hydrogens (tertiary/aromatic N) is 1. The van der Waals surface area contributed by atoms with Crippen LogP contribution in [0.4, 0.5) is 17.6 Å². The molecule has 118 valence electrons. The van der Waals surface area contributed by atoms with E-state index in [0.29, 0.717) is 5.92 Å². The van der Waals surface area contributed by atoms with Crippen LogP contribution in [-0.2, 0) is 6.18 Å². The average Bonchev–Trinajstić information content (AvgIpc) is 2.97. The molecule has 1 N–H and O–H groups in total. The van der Waals surface area contributed by atoms with Gasteiger partial charge in [0.15, 0.2) is 0 Å². The summed E-state index contributed by atoms with van der Waals surface area (Å²) >= 11 is 1.39. The van der Waals surface area contributed by atoms with Gasteiger partial charge in [-0.15, -0.1) is 11.3 Å². The number of halogens is 4. The molecule has 2 nitrogen and oxygen atoms in total. The number of alkyl halides is 3. The lowest BCUT2D eigenvalue weighted by molar-refractivity contribution is -0.139. The third-order valence-electron chi connectivity index (χ3n) is 3.79. The molecule has 0 unspecified atom stereocenters. The van der Waals surface area contributed by atoms with E-state index in [1.807, 2.05) is 0 Å². The summed E-state index contributed by atoms with van der Waals surface area (Å²) in [6, 6.07) is 3.30. The molecule has 1 aliphatic heterocycles. The SMILES string of the molecule is Fc1c(-c2csc(C3CCNCC3)n2)cccc1C(F)(F)F. The first-order chi connectivity index (χ1) is 10.5. The Kier molecular flexibility index (Phi) is 4.18. The molecule has 3 rings (SSSR count). The van der Waals surface area contributed by atoms with Gasteiger partial charge in [-0.25, -0.2) is 9.37 Å². The zero-order valence-electron chi connectivity index (χ0n) is 11.6. The maximum absolute atomic E-state index is 14.1. The predicted octanol–water partition coefficient (Wildman–Crippen LogP) is 4.44. The molecule has 22 heavy (non-hydrogen) atoms. The summed E-state index contributed by atoms with van der Waals surface area (Å²) in [7, 11) is 0. The van der Waals surface area contributed by atoms with Gasteiger partial charge in [-0.05, 0) is 38.1 Å². The van der Waals surface area contributed by atoms with Gasteiger partial charge in [-0.1, -0.05) is 6.07 Å². The smallest absolute Gasteiger partial charge is 0.317 e. The van der Waals surface area contributed by atoms with E-state index in [1.165, 1.54) is 23.5 Å². The fraction of sp³-hybridized carbons (Fsp3) is 0.400. The summed E-state index contributed by atoms with van der Waals surface area (Å²) in [5, 5.41) is 5.75. The molecule has 1 saturated heterocycles. The first kappa shape index (κ1) is 15.4. The van der Waals surface area contributed by atoms with Gasteiger partial charge in [-0.3, -0.25) is 0 Å². The molecule has 1 fully saturated rings. The highest BCUT2D eigenvalue weighted by molar-refractivity contribution is 7.10. The van der Waals surface area contributed by atoms with Crippen molar-refractivity contribution in [3.63, 3.8) is 0 Å². The molecule has 0 atom stereocenters. The van der Waals surface area contributed by atoms with Crippen molar-refractivity contribution in [1.82, 2.24) is 10.3 Å². The van der Waals surface area contributed by atoms with Crippen molar-refractivity contribution in [2.75, 3.05) is 13.1 Å². The van der Waals surface area contributed by atoms with E-state index in [2.05, 4.69) is 10.3 Å². The molecule has 0 amide bonds. The van der Waals surface area contributed by atoms with Gasteiger partial charge in [0, 0.05) is 16.9 Å². The Balaban J connectivity index is 1.93. The van der Waals surface area contributed by atoms with Gasteiger partial charge in [0.2, 0.25) is 0 Å². The maximum Gasteiger partial charge on any atom is 0.419 e. The molecule has 0 radical (unpaired) electrons.